The standard InChI is InChI=1S/C16H20FNO3/c1-21-15(19)9-10-18(14-7-2-3-8-14)16(20)12-5-4-6-13(17)11-12/h4-6,11,14H,2-3,7-10H2,1H3. The minimum atomic E-state index is -0.430. The Balaban J connectivity index is 2.13. The van der Waals surface area contributed by atoms with Crippen LogP contribution < -0.4 is 0 Å². The number of ether oxygens (including phenoxy) is 1. The molecule has 0 spiro atoms. The van der Waals surface area contributed by atoms with Gasteiger partial charge in [-0.25, -0.2) is 4.39 Å². The molecule has 1 aromatic carbocycles. The van der Waals surface area contributed by atoms with Crippen molar-refractivity contribution in [3.05, 3.63) is 35.6 Å². The first-order valence-electron chi connectivity index (χ1n) is 7.25. The van der Waals surface area contributed by atoms with Crippen molar-refractivity contribution in [3.8, 4) is 0 Å². The zero-order chi connectivity index (χ0) is 15.2. The molecule has 1 aliphatic rings. The number of rotatable bonds is 5. The number of methoxy groups -OCH3 is 1. The summed E-state index contributed by atoms with van der Waals surface area (Å²) in [6.45, 7) is 0.312. The Morgan fingerprint density at radius 2 is 2.05 bits per heavy atom. The van der Waals surface area contributed by atoms with Gasteiger partial charge in [-0.3, -0.25) is 9.59 Å². The molecule has 2 rings (SSSR count). The van der Waals surface area contributed by atoms with Crippen molar-refractivity contribution in [1.82, 2.24) is 4.90 Å². The van der Waals surface area contributed by atoms with E-state index in [1.54, 1.807) is 11.0 Å². The van der Waals surface area contributed by atoms with Crippen molar-refractivity contribution in [2.45, 2.75) is 38.1 Å². The number of carbonyl (C=O) groups excluding carboxylic acids is 2. The van der Waals surface area contributed by atoms with Crippen molar-refractivity contribution in [1.29, 1.82) is 0 Å². The molecule has 0 heterocycles. The normalized spacial score (nSPS) is 15.0. The molecule has 0 atom stereocenters. The first-order chi connectivity index (χ1) is 10.1. The summed E-state index contributed by atoms with van der Waals surface area (Å²) < 4.78 is 17.9. The fourth-order valence-electron chi connectivity index (χ4n) is 2.77. The maximum atomic E-state index is 13.3. The number of nitrogens with zero attached hydrogens (tertiary/aromatic N) is 1. The van der Waals surface area contributed by atoms with Crippen molar-refractivity contribution >= 4 is 11.9 Å². The SMILES string of the molecule is COC(=O)CCN(C(=O)c1cccc(F)c1)C1CCCC1. The number of hydrogen-bond acceptors (Lipinski definition) is 3. The predicted octanol–water partition coefficient (Wildman–Crippen LogP) is 2.77. The van der Waals surface area contributed by atoms with Gasteiger partial charge in [0.15, 0.2) is 0 Å². The largest absolute Gasteiger partial charge is 0.469 e. The second-order valence-electron chi connectivity index (χ2n) is 5.27. The van der Waals surface area contributed by atoms with Gasteiger partial charge in [0, 0.05) is 18.2 Å². The summed E-state index contributed by atoms with van der Waals surface area (Å²) in [7, 11) is 1.33. The average molecular weight is 293 g/mol. The third kappa shape index (κ3) is 4.03. The molecule has 1 amide bonds. The topological polar surface area (TPSA) is 46.6 Å². The lowest BCUT2D eigenvalue weighted by atomic mass is 10.1. The molecule has 114 valence electrons. The van der Waals surface area contributed by atoms with Crippen LogP contribution >= 0.6 is 0 Å². The minimum Gasteiger partial charge on any atom is -0.469 e. The maximum absolute atomic E-state index is 13.3. The van der Waals surface area contributed by atoms with Crippen molar-refractivity contribution in [2.75, 3.05) is 13.7 Å². The lowest BCUT2D eigenvalue weighted by molar-refractivity contribution is -0.140. The van der Waals surface area contributed by atoms with E-state index in [1.165, 1.54) is 25.3 Å². The molecule has 0 saturated heterocycles. The monoisotopic (exact) mass is 293 g/mol. The van der Waals surface area contributed by atoms with Crippen molar-refractivity contribution < 1.29 is 18.7 Å². The van der Waals surface area contributed by atoms with Gasteiger partial charge < -0.3 is 9.64 Å². The quantitative estimate of drug-likeness (QED) is 0.784. The van der Waals surface area contributed by atoms with Gasteiger partial charge in [-0.15, -0.1) is 0 Å². The second kappa shape index (κ2) is 7.20. The molecular formula is C16H20FNO3. The number of benzene rings is 1. The van der Waals surface area contributed by atoms with E-state index in [0.29, 0.717) is 12.1 Å². The number of carbonyl (C=O) groups is 2. The number of halogens is 1. The molecule has 4 nitrogen and oxygen atoms in total. The number of esters is 1. The molecule has 1 aliphatic carbocycles. The molecule has 0 N–H and O–H groups in total. The average Bonchev–Trinajstić information content (AvgIpc) is 3.01. The lowest BCUT2D eigenvalue weighted by Gasteiger charge is -2.28. The second-order valence-corrected chi connectivity index (χ2v) is 5.27. The van der Waals surface area contributed by atoms with E-state index in [4.69, 9.17) is 0 Å². The first-order valence-corrected chi connectivity index (χ1v) is 7.25. The van der Waals surface area contributed by atoms with Crippen LogP contribution in [-0.2, 0) is 9.53 Å². The molecule has 21 heavy (non-hydrogen) atoms. The molecule has 5 heteroatoms. The summed E-state index contributed by atoms with van der Waals surface area (Å²) in [6.07, 6.45) is 4.18. The van der Waals surface area contributed by atoms with Crippen LogP contribution in [0.1, 0.15) is 42.5 Å². The Hall–Kier alpha value is -1.91. The fraction of sp³-hybridized carbons (Fsp3) is 0.500. The number of hydrogen-bond donors (Lipinski definition) is 0. The van der Waals surface area contributed by atoms with E-state index in [-0.39, 0.29) is 24.3 Å². The van der Waals surface area contributed by atoms with Crippen molar-refractivity contribution in [2.24, 2.45) is 0 Å². The Kier molecular flexibility index (Phi) is 5.31. The summed E-state index contributed by atoms with van der Waals surface area (Å²) in [4.78, 5) is 25.6. The molecule has 1 saturated carbocycles. The lowest BCUT2D eigenvalue weighted by Crippen LogP contribution is -2.40. The third-order valence-electron chi connectivity index (χ3n) is 3.88. The van der Waals surface area contributed by atoms with Gasteiger partial charge in [-0.05, 0) is 31.0 Å². The third-order valence-corrected chi connectivity index (χ3v) is 3.88. The number of amides is 1. The van der Waals surface area contributed by atoms with Crippen LogP contribution in [0.15, 0.2) is 24.3 Å². The minimum absolute atomic E-state index is 0.130. The molecule has 0 radical (unpaired) electrons. The highest BCUT2D eigenvalue weighted by Crippen LogP contribution is 2.25. The molecule has 0 aliphatic heterocycles. The molecule has 0 unspecified atom stereocenters. The van der Waals surface area contributed by atoms with E-state index >= 15 is 0 Å². The van der Waals surface area contributed by atoms with Gasteiger partial charge in [0.25, 0.3) is 5.91 Å². The highest BCUT2D eigenvalue weighted by atomic mass is 19.1. The van der Waals surface area contributed by atoms with Crippen molar-refractivity contribution in [3.63, 3.8) is 0 Å². The summed E-state index contributed by atoms with van der Waals surface area (Å²) in [5.74, 6) is -0.990. The highest BCUT2D eigenvalue weighted by Gasteiger charge is 2.28. The van der Waals surface area contributed by atoms with Gasteiger partial charge in [-0.2, -0.15) is 0 Å². The smallest absolute Gasteiger partial charge is 0.307 e. The zero-order valence-electron chi connectivity index (χ0n) is 12.2. The maximum Gasteiger partial charge on any atom is 0.307 e. The molecule has 1 fully saturated rings. The molecule has 0 aromatic heterocycles. The molecule has 1 aromatic rings. The van der Waals surface area contributed by atoms with Crippen LogP contribution in [0.25, 0.3) is 0 Å². The van der Waals surface area contributed by atoms with Gasteiger partial charge in [0.2, 0.25) is 0 Å². The fourth-order valence-corrected chi connectivity index (χ4v) is 2.77. The molecule has 0 bridgehead atoms. The van der Waals surface area contributed by atoms with Gasteiger partial charge >= 0.3 is 5.97 Å². The van der Waals surface area contributed by atoms with Crippen LogP contribution in [0.2, 0.25) is 0 Å². The summed E-state index contributed by atoms with van der Waals surface area (Å²) >= 11 is 0. The highest BCUT2D eigenvalue weighted by molar-refractivity contribution is 5.94. The van der Waals surface area contributed by atoms with E-state index in [9.17, 15) is 14.0 Å². The van der Waals surface area contributed by atoms with Crippen LogP contribution in [0.3, 0.4) is 0 Å². The zero-order valence-corrected chi connectivity index (χ0v) is 12.2. The van der Waals surface area contributed by atoms with E-state index < -0.39 is 5.82 Å². The predicted molar refractivity (Wildman–Crippen MR) is 76.3 cm³/mol. The summed E-state index contributed by atoms with van der Waals surface area (Å²) in [6, 6.07) is 5.81. The summed E-state index contributed by atoms with van der Waals surface area (Å²) in [5.41, 5.74) is 0.326. The van der Waals surface area contributed by atoms with Crippen LogP contribution in [0.4, 0.5) is 4.39 Å². The first kappa shape index (κ1) is 15.5. The van der Waals surface area contributed by atoms with Crippen LogP contribution in [-0.4, -0.2) is 36.5 Å². The van der Waals surface area contributed by atoms with Crippen LogP contribution in [0.5, 0.6) is 0 Å². The van der Waals surface area contributed by atoms with Gasteiger partial charge in [0.1, 0.15) is 5.82 Å². The molecular weight excluding hydrogens is 273 g/mol. The van der Waals surface area contributed by atoms with Crippen LogP contribution in [0, 0.1) is 5.82 Å². The summed E-state index contributed by atoms with van der Waals surface area (Å²) in [5, 5.41) is 0. The Bertz CT molecular complexity index is 512. The van der Waals surface area contributed by atoms with Gasteiger partial charge in [-0.1, -0.05) is 18.9 Å². The Morgan fingerprint density at radius 3 is 2.67 bits per heavy atom. The Labute approximate surface area is 123 Å². The van der Waals surface area contributed by atoms with E-state index in [0.717, 1.165) is 25.7 Å². The Morgan fingerprint density at radius 1 is 1.33 bits per heavy atom. The van der Waals surface area contributed by atoms with Gasteiger partial charge in [0.05, 0.1) is 13.5 Å². The van der Waals surface area contributed by atoms with E-state index in [2.05, 4.69) is 4.74 Å². The van der Waals surface area contributed by atoms with E-state index in [1.807, 2.05) is 0 Å².